The van der Waals surface area contributed by atoms with Crippen molar-refractivity contribution in [1.29, 1.82) is 0 Å². The van der Waals surface area contributed by atoms with E-state index < -0.39 is 11.6 Å². The van der Waals surface area contributed by atoms with Crippen LogP contribution in [-0.2, 0) is 49.0 Å². The van der Waals surface area contributed by atoms with Gasteiger partial charge in [-0.3, -0.25) is 9.59 Å². The molecule has 0 saturated heterocycles. The lowest BCUT2D eigenvalue weighted by Crippen LogP contribution is -2.46. The van der Waals surface area contributed by atoms with Crippen molar-refractivity contribution in [3.63, 3.8) is 0 Å². The zero-order valence-corrected chi connectivity index (χ0v) is 19.2. The highest BCUT2D eigenvalue weighted by Gasteiger charge is 2.49. The van der Waals surface area contributed by atoms with Gasteiger partial charge in [0.2, 0.25) is 5.60 Å². The van der Waals surface area contributed by atoms with E-state index >= 15 is 0 Å². The van der Waals surface area contributed by atoms with Gasteiger partial charge in [-0.1, -0.05) is 13.8 Å². The Morgan fingerprint density at radius 1 is 1.21 bits per heavy atom. The van der Waals surface area contributed by atoms with Crippen molar-refractivity contribution in [1.82, 2.24) is 9.55 Å². The number of esters is 1. The molecule has 1 aromatic carbocycles. The van der Waals surface area contributed by atoms with Crippen LogP contribution in [0.5, 0.6) is 5.75 Å². The van der Waals surface area contributed by atoms with E-state index in [4.69, 9.17) is 23.9 Å². The van der Waals surface area contributed by atoms with Crippen LogP contribution in [0.3, 0.4) is 0 Å². The lowest BCUT2D eigenvalue weighted by Gasteiger charge is -2.34. The van der Waals surface area contributed by atoms with Crippen molar-refractivity contribution >= 4 is 23.3 Å². The summed E-state index contributed by atoms with van der Waals surface area (Å²) in [5, 5.41) is 0.950. The normalized spacial score (nSPS) is 18.1. The van der Waals surface area contributed by atoms with E-state index in [1.165, 1.54) is 0 Å². The number of carbonyl (C=O) groups is 2. The molecule has 0 bridgehead atoms. The highest BCUT2D eigenvalue weighted by atomic mass is 16.7. The Morgan fingerprint density at radius 3 is 2.74 bits per heavy atom. The molecule has 0 amide bonds. The van der Waals surface area contributed by atoms with Gasteiger partial charge in [0.15, 0.2) is 6.79 Å². The average molecular weight is 464 g/mol. The van der Waals surface area contributed by atoms with Gasteiger partial charge < -0.3 is 23.5 Å². The number of aromatic nitrogens is 2. The number of cyclic esters (lactones) is 1. The van der Waals surface area contributed by atoms with Crippen LogP contribution in [-0.4, -0.2) is 35.9 Å². The standard InChI is InChI=1S/C25H24N2O7/c1-4-15-16-8-14(33-13-31-3)6-7-20(16)26-22-17(15)10-27-21(22)9-19-18(23(27)29)11-32-24(30)25(19,5-2)34-12-28/h6-9,12H,4-5,10-11,13H2,1-3H3/t25-/m0/s1. The molecule has 0 radical (unpaired) electrons. The minimum absolute atomic E-state index is 0.139. The van der Waals surface area contributed by atoms with Crippen molar-refractivity contribution in [2.75, 3.05) is 13.9 Å². The summed E-state index contributed by atoms with van der Waals surface area (Å²) in [5.74, 6) is -0.00943. The Labute approximate surface area is 195 Å². The molecule has 0 saturated carbocycles. The number of nitrogens with zero attached hydrogens (tertiary/aromatic N) is 2. The van der Waals surface area contributed by atoms with Crippen LogP contribution in [0.25, 0.3) is 22.3 Å². The summed E-state index contributed by atoms with van der Waals surface area (Å²) in [6.07, 6.45) is 0.870. The molecule has 4 heterocycles. The number of methoxy groups -OCH3 is 1. The zero-order valence-electron chi connectivity index (χ0n) is 19.2. The van der Waals surface area contributed by atoms with Crippen molar-refractivity contribution in [2.24, 2.45) is 0 Å². The Bertz CT molecular complexity index is 1390. The minimum Gasteiger partial charge on any atom is -0.468 e. The van der Waals surface area contributed by atoms with E-state index in [0.29, 0.717) is 34.8 Å². The lowest BCUT2D eigenvalue weighted by atomic mass is 9.85. The van der Waals surface area contributed by atoms with Crippen molar-refractivity contribution < 1.29 is 28.5 Å². The Kier molecular flexibility index (Phi) is 5.36. The number of benzene rings is 1. The van der Waals surface area contributed by atoms with Crippen LogP contribution >= 0.6 is 0 Å². The molecule has 0 spiro atoms. The predicted octanol–water partition coefficient (Wildman–Crippen LogP) is 2.81. The van der Waals surface area contributed by atoms with Crippen molar-refractivity contribution in [3.8, 4) is 17.1 Å². The number of ether oxygens (including phenoxy) is 4. The number of aryl methyl sites for hydroxylation is 1. The van der Waals surface area contributed by atoms with Crippen LogP contribution in [0.4, 0.5) is 0 Å². The summed E-state index contributed by atoms with van der Waals surface area (Å²) >= 11 is 0. The average Bonchev–Trinajstić information content (AvgIpc) is 3.21. The van der Waals surface area contributed by atoms with Crippen LogP contribution in [0.1, 0.15) is 42.5 Å². The zero-order chi connectivity index (χ0) is 24.0. The van der Waals surface area contributed by atoms with Gasteiger partial charge in [-0.25, -0.2) is 9.78 Å². The first-order chi connectivity index (χ1) is 16.5. The lowest BCUT2D eigenvalue weighted by molar-refractivity contribution is -0.182. The second-order valence-corrected chi connectivity index (χ2v) is 8.28. The Hall–Kier alpha value is -3.72. The summed E-state index contributed by atoms with van der Waals surface area (Å²) in [6.45, 7) is 4.32. The van der Waals surface area contributed by atoms with Gasteiger partial charge in [0.05, 0.1) is 29.0 Å². The molecule has 9 heteroatoms. The monoisotopic (exact) mass is 464 g/mol. The highest BCUT2D eigenvalue weighted by Crippen LogP contribution is 2.42. The number of fused-ring (bicyclic) bond motifs is 5. The van der Waals surface area contributed by atoms with Crippen LogP contribution in [0, 0.1) is 0 Å². The topological polar surface area (TPSA) is 106 Å². The maximum absolute atomic E-state index is 13.5. The predicted molar refractivity (Wildman–Crippen MR) is 121 cm³/mol. The second kappa shape index (κ2) is 8.25. The van der Waals surface area contributed by atoms with E-state index in [2.05, 4.69) is 6.92 Å². The van der Waals surface area contributed by atoms with Crippen LogP contribution in [0.15, 0.2) is 29.1 Å². The third-order valence-corrected chi connectivity index (χ3v) is 6.69. The van der Waals surface area contributed by atoms with Crippen molar-refractivity contribution in [2.45, 2.75) is 45.4 Å². The van der Waals surface area contributed by atoms with Gasteiger partial charge >= 0.3 is 5.97 Å². The fraction of sp³-hybridized carbons (Fsp3) is 0.360. The summed E-state index contributed by atoms with van der Waals surface area (Å²) in [4.78, 5) is 42.4. The van der Waals surface area contributed by atoms with Gasteiger partial charge in [-0.15, -0.1) is 0 Å². The molecular formula is C25H24N2O7. The van der Waals surface area contributed by atoms with Gasteiger partial charge in [-0.2, -0.15) is 0 Å². The molecule has 0 N–H and O–H groups in total. The van der Waals surface area contributed by atoms with Gasteiger partial charge in [0.1, 0.15) is 12.4 Å². The molecule has 0 aliphatic carbocycles. The first-order valence-corrected chi connectivity index (χ1v) is 11.1. The first-order valence-electron chi connectivity index (χ1n) is 11.1. The molecule has 34 heavy (non-hydrogen) atoms. The fourth-order valence-corrected chi connectivity index (χ4v) is 5.03. The quantitative estimate of drug-likeness (QED) is 0.234. The maximum atomic E-state index is 13.5. The molecule has 0 fully saturated rings. The summed E-state index contributed by atoms with van der Waals surface area (Å²) in [5.41, 5.74) is 2.83. The van der Waals surface area contributed by atoms with E-state index in [9.17, 15) is 14.4 Å². The fourth-order valence-electron chi connectivity index (χ4n) is 5.03. The molecule has 5 rings (SSSR count). The molecule has 2 aliphatic heterocycles. The van der Waals surface area contributed by atoms with Crippen LogP contribution in [0.2, 0.25) is 0 Å². The number of hydrogen-bond donors (Lipinski definition) is 0. The van der Waals surface area contributed by atoms with Gasteiger partial charge in [-0.05, 0) is 42.7 Å². The number of rotatable bonds is 7. The SMILES string of the molecule is CCc1c2c(nc3ccc(OCOC)cc13)-c1cc3c(c(=O)n1C2)COC(=O)[C@@]3(CC)OC=O. The number of hydrogen-bond acceptors (Lipinski definition) is 8. The highest BCUT2D eigenvalue weighted by molar-refractivity contribution is 5.90. The molecule has 2 aliphatic rings. The third-order valence-electron chi connectivity index (χ3n) is 6.69. The van der Waals surface area contributed by atoms with E-state index in [-0.39, 0.29) is 31.9 Å². The molecule has 9 nitrogen and oxygen atoms in total. The molecule has 176 valence electrons. The number of carbonyl (C=O) groups excluding carboxylic acids is 2. The van der Waals surface area contributed by atoms with E-state index in [1.807, 2.05) is 18.2 Å². The Balaban J connectivity index is 1.74. The van der Waals surface area contributed by atoms with E-state index in [0.717, 1.165) is 28.5 Å². The molecular weight excluding hydrogens is 440 g/mol. The van der Waals surface area contributed by atoms with Gasteiger partial charge in [0, 0.05) is 23.6 Å². The van der Waals surface area contributed by atoms with Crippen LogP contribution < -0.4 is 10.3 Å². The molecule has 2 aromatic heterocycles. The summed E-state index contributed by atoms with van der Waals surface area (Å²) in [7, 11) is 1.56. The van der Waals surface area contributed by atoms with Gasteiger partial charge in [0.25, 0.3) is 12.0 Å². The summed E-state index contributed by atoms with van der Waals surface area (Å²) < 4.78 is 22.8. The Morgan fingerprint density at radius 2 is 2.03 bits per heavy atom. The summed E-state index contributed by atoms with van der Waals surface area (Å²) in [6, 6.07) is 7.39. The smallest absolute Gasteiger partial charge is 0.355 e. The first kappa shape index (κ1) is 22.1. The van der Waals surface area contributed by atoms with Crippen molar-refractivity contribution in [3.05, 3.63) is 56.9 Å². The number of pyridine rings is 2. The maximum Gasteiger partial charge on any atom is 0.355 e. The second-order valence-electron chi connectivity index (χ2n) is 8.28. The van der Waals surface area contributed by atoms with E-state index in [1.54, 1.807) is 24.7 Å². The largest absolute Gasteiger partial charge is 0.468 e. The molecule has 1 atom stereocenters. The third kappa shape index (κ3) is 3.03. The minimum atomic E-state index is -1.65. The molecule has 0 unspecified atom stereocenters. The molecule has 3 aromatic rings.